The van der Waals surface area contributed by atoms with E-state index < -0.39 is 0 Å². The van der Waals surface area contributed by atoms with Crippen LogP contribution in [0.3, 0.4) is 0 Å². The summed E-state index contributed by atoms with van der Waals surface area (Å²) in [7, 11) is 0. The number of fused-ring (bicyclic) bond motifs is 1. The summed E-state index contributed by atoms with van der Waals surface area (Å²) in [5.41, 5.74) is 4.36. The predicted octanol–water partition coefficient (Wildman–Crippen LogP) is 4.36. The molecule has 0 unspecified atom stereocenters. The lowest BCUT2D eigenvalue weighted by molar-refractivity contribution is 0.241. The molecule has 0 saturated heterocycles. The summed E-state index contributed by atoms with van der Waals surface area (Å²) in [5, 5.41) is 1.17. The molecule has 4 rings (SSSR count). The second-order valence-electron chi connectivity index (χ2n) is 6.54. The number of pyridine rings is 1. The molecule has 0 saturated carbocycles. The molecule has 1 aliphatic heterocycles. The van der Waals surface area contributed by atoms with Gasteiger partial charge < -0.3 is 4.98 Å². The van der Waals surface area contributed by atoms with Crippen LogP contribution in [0, 0.1) is 4.77 Å². The molecule has 0 amide bonds. The zero-order chi connectivity index (χ0) is 19.0. The van der Waals surface area contributed by atoms with Gasteiger partial charge in [-0.1, -0.05) is 29.3 Å². The lowest BCUT2D eigenvalue weighted by Crippen LogP contribution is -2.35. The molecule has 1 aromatic carbocycles. The number of aromatic nitrogens is 3. The number of rotatable bonds is 3. The van der Waals surface area contributed by atoms with Gasteiger partial charge in [-0.25, -0.2) is 0 Å². The van der Waals surface area contributed by atoms with Crippen LogP contribution < -0.4 is 5.56 Å². The maximum absolute atomic E-state index is 12.1. The molecule has 0 bridgehead atoms. The largest absolute Gasteiger partial charge is 0.335 e. The lowest BCUT2D eigenvalue weighted by Gasteiger charge is -2.27. The molecule has 0 atom stereocenters. The molecular weight excluding hydrogens is 403 g/mol. The van der Waals surface area contributed by atoms with Crippen LogP contribution in [-0.2, 0) is 19.5 Å². The van der Waals surface area contributed by atoms with E-state index in [2.05, 4.69) is 19.9 Å². The van der Waals surface area contributed by atoms with Crippen molar-refractivity contribution in [2.75, 3.05) is 6.54 Å². The Morgan fingerprint density at radius 2 is 1.93 bits per heavy atom. The van der Waals surface area contributed by atoms with Crippen LogP contribution in [0.2, 0.25) is 10.0 Å². The van der Waals surface area contributed by atoms with Gasteiger partial charge in [-0.2, -0.15) is 0 Å². The Labute approximate surface area is 171 Å². The number of halogens is 2. The van der Waals surface area contributed by atoms with Crippen LogP contribution in [0.15, 0.2) is 41.3 Å². The quantitative estimate of drug-likeness (QED) is 0.620. The zero-order valence-electron chi connectivity index (χ0n) is 14.3. The highest BCUT2D eigenvalue weighted by molar-refractivity contribution is 7.71. The first-order valence-corrected chi connectivity index (χ1v) is 9.62. The van der Waals surface area contributed by atoms with Crippen molar-refractivity contribution in [2.24, 2.45) is 0 Å². The first kappa shape index (κ1) is 18.4. The molecular formula is C19H16Cl2N4OS. The van der Waals surface area contributed by atoms with Gasteiger partial charge in [0, 0.05) is 53.6 Å². The summed E-state index contributed by atoms with van der Waals surface area (Å²) in [6.45, 7) is 2.16. The average molecular weight is 419 g/mol. The molecule has 27 heavy (non-hydrogen) atoms. The summed E-state index contributed by atoms with van der Waals surface area (Å²) in [6.07, 6.45) is 2.62. The Morgan fingerprint density at radius 3 is 2.63 bits per heavy atom. The Morgan fingerprint density at radius 1 is 1.15 bits per heavy atom. The number of hydrogen-bond acceptors (Lipinski definition) is 4. The third-order valence-electron chi connectivity index (χ3n) is 4.58. The fraction of sp³-hybridized carbons (Fsp3) is 0.211. The molecule has 5 nitrogen and oxygen atoms in total. The fourth-order valence-corrected chi connectivity index (χ4v) is 4.04. The summed E-state index contributed by atoms with van der Waals surface area (Å²) in [4.78, 5) is 24.6. The van der Waals surface area contributed by atoms with Crippen molar-refractivity contribution in [3.05, 3.63) is 78.5 Å². The SMILES string of the molecule is O=c1[nH]c(=S)[nH]c2c1CN(Cc1ccc(-c3cc(Cl)cc(Cl)c3)nc1)CC2. The highest BCUT2D eigenvalue weighted by Crippen LogP contribution is 2.26. The van der Waals surface area contributed by atoms with Crippen LogP contribution in [0.25, 0.3) is 11.3 Å². The fourth-order valence-electron chi connectivity index (χ4n) is 3.30. The highest BCUT2D eigenvalue weighted by atomic mass is 35.5. The van der Waals surface area contributed by atoms with E-state index in [-0.39, 0.29) is 5.56 Å². The van der Waals surface area contributed by atoms with Gasteiger partial charge in [0.1, 0.15) is 0 Å². The molecule has 138 valence electrons. The third kappa shape index (κ3) is 4.14. The van der Waals surface area contributed by atoms with E-state index in [9.17, 15) is 4.79 Å². The Balaban J connectivity index is 1.51. The van der Waals surface area contributed by atoms with Crippen molar-refractivity contribution in [3.8, 4) is 11.3 Å². The topological polar surface area (TPSA) is 64.8 Å². The lowest BCUT2D eigenvalue weighted by atomic mass is 10.1. The van der Waals surface area contributed by atoms with Crippen LogP contribution in [0.1, 0.15) is 16.8 Å². The summed E-state index contributed by atoms with van der Waals surface area (Å²) < 4.78 is 0.383. The minimum absolute atomic E-state index is 0.107. The maximum atomic E-state index is 12.1. The van der Waals surface area contributed by atoms with E-state index >= 15 is 0 Å². The van der Waals surface area contributed by atoms with Gasteiger partial charge in [-0.3, -0.25) is 19.7 Å². The zero-order valence-corrected chi connectivity index (χ0v) is 16.6. The van der Waals surface area contributed by atoms with Gasteiger partial charge in [0.05, 0.1) is 11.3 Å². The van der Waals surface area contributed by atoms with Gasteiger partial charge in [-0.15, -0.1) is 0 Å². The Bertz CT molecular complexity index is 1090. The van der Waals surface area contributed by atoms with Crippen LogP contribution in [0.5, 0.6) is 0 Å². The van der Waals surface area contributed by atoms with E-state index in [1.807, 2.05) is 30.5 Å². The van der Waals surface area contributed by atoms with Crippen LogP contribution >= 0.6 is 35.4 Å². The molecule has 1 aliphatic rings. The maximum Gasteiger partial charge on any atom is 0.256 e. The van der Waals surface area contributed by atoms with Gasteiger partial charge in [0.15, 0.2) is 4.77 Å². The van der Waals surface area contributed by atoms with Crippen molar-refractivity contribution < 1.29 is 0 Å². The van der Waals surface area contributed by atoms with E-state index in [4.69, 9.17) is 35.4 Å². The van der Waals surface area contributed by atoms with Crippen molar-refractivity contribution >= 4 is 35.4 Å². The highest BCUT2D eigenvalue weighted by Gasteiger charge is 2.19. The van der Waals surface area contributed by atoms with Crippen LogP contribution in [0.4, 0.5) is 0 Å². The predicted molar refractivity (Wildman–Crippen MR) is 110 cm³/mol. The summed E-state index contributed by atoms with van der Waals surface area (Å²) in [6, 6.07) is 9.37. The van der Waals surface area contributed by atoms with Gasteiger partial charge in [0.2, 0.25) is 0 Å². The first-order chi connectivity index (χ1) is 13.0. The second kappa shape index (κ2) is 7.56. The number of aromatic amines is 2. The first-order valence-electron chi connectivity index (χ1n) is 8.46. The van der Waals surface area contributed by atoms with Crippen molar-refractivity contribution in [2.45, 2.75) is 19.5 Å². The Kier molecular flexibility index (Phi) is 5.14. The van der Waals surface area contributed by atoms with E-state index in [1.54, 1.807) is 6.07 Å². The number of H-pyrrole nitrogens is 2. The number of hydrogen-bond donors (Lipinski definition) is 2. The number of benzene rings is 1. The van der Waals surface area contributed by atoms with Gasteiger partial charge in [0.25, 0.3) is 5.56 Å². The molecule has 0 radical (unpaired) electrons. The monoisotopic (exact) mass is 418 g/mol. The van der Waals surface area contributed by atoms with E-state index in [0.717, 1.165) is 47.6 Å². The van der Waals surface area contributed by atoms with Gasteiger partial charge >= 0.3 is 0 Å². The minimum Gasteiger partial charge on any atom is -0.335 e. The van der Waals surface area contributed by atoms with Crippen molar-refractivity contribution in [1.82, 2.24) is 19.9 Å². The number of nitrogens with zero attached hydrogens (tertiary/aromatic N) is 2. The second-order valence-corrected chi connectivity index (χ2v) is 7.82. The Hall–Kier alpha value is -1.99. The van der Waals surface area contributed by atoms with E-state index in [0.29, 0.717) is 21.4 Å². The molecule has 3 aromatic rings. The number of nitrogens with one attached hydrogen (secondary N) is 2. The molecule has 2 N–H and O–H groups in total. The molecule has 8 heteroatoms. The van der Waals surface area contributed by atoms with Gasteiger partial charge in [-0.05, 0) is 42.0 Å². The molecule has 0 fully saturated rings. The van der Waals surface area contributed by atoms with Crippen molar-refractivity contribution in [3.63, 3.8) is 0 Å². The van der Waals surface area contributed by atoms with Crippen LogP contribution in [-0.4, -0.2) is 26.4 Å². The summed E-state index contributed by atoms with van der Waals surface area (Å²) >= 11 is 17.2. The third-order valence-corrected chi connectivity index (χ3v) is 5.22. The molecule has 3 heterocycles. The van der Waals surface area contributed by atoms with Crippen molar-refractivity contribution in [1.29, 1.82) is 0 Å². The molecule has 2 aromatic heterocycles. The van der Waals surface area contributed by atoms with E-state index in [1.165, 1.54) is 0 Å². The normalized spacial score (nSPS) is 14.1. The summed E-state index contributed by atoms with van der Waals surface area (Å²) in [5.74, 6) is 0. The smallest absolute Gasteiger partial charge is 0.256 e. The molecule has 0 aliphatic carbocycles. The average Bonchev–Trinajstić information content (AvgIpc) is 2.62. The molecule has 0 spiro atoms. The standard InChI is InChI=1S/C19H16Cl2N4OS/c20-13-5-12(6-14(21)7-13)16-2-1-11(8-22-16)9-25-4-3-17-15(10-25)18(26)24-19(27)23-17/h1-2,5-8H,3-4,9-10H2,(H2,23,24,26,27). The minimum atomic E-state index is -0.107.